The van der Waals surface area contributed by atoms with Gasteiger partial charge in [0.15, 0.2) is 0 Å². The van der Waals surface area contributed by atoms with E-state index in [4.69, 9.17) is 5.73 Å². The molecule has 114 valence electrons. The van der Waals surface area contributed by atoms with Gasteiger partial charge in [-0.1, -0.05) is 0 Å². The van der Waals surface area contributed by atoms with Gasteiger partial charge in [-0.05, 0) is 50.5 Å². The van der Waals surface area contributed by atoms with E-state index in [0.29, 0.717) is 11.3 Å². The quantitative estimate of drug-likeness (QED) is 0.846. The molecule has 0 aliphatic heterocycles. The fourth-order valence-corrected chi connectivity index (χ4v) is 4.74. The number of benzene rings is 1. The van der Waals surface area contributed by atoms with E-state index in [1.807, 2.05) is 12.3 Å². The zero-order valence-corrected chi connectivity index (χ0v) is 14.1. The zero-order chi connectivity index (χ0) is 15.8. The number of thiazole rings is 1. The highest BCUT2D eigenvalue weighted by Gasteiger charge is 2.25. The molecule has 0 amide bonds. The van der Waals surface area contributed by atoms with Gasteiger partial charge >= 0.3 is 0 Å². The average molecular weight is 325 g/mol. The summed E-state index contributed by atoms with van der Waals surface area (Å²) in [5.74, 6) is 0. The summed E-state index contributed by atoms with van der Waals surface area (Å²) < 4.78 is 28.1. The van der Waals surface area contributed by atoms with Crippen LogP contribution in [-0.2, 0) is 10.0 Å². The molecule has 0 spiro atoms. The van der Waals surface area contributed by atoms with E-state index < -0.39 is 10.0 Å². The maximum absolute atomic E-state index is 12.7. The Kier molecular flexibility index (Phi) is 4.36. The Morgan fingerprint density at radius 3 is 2.52 bits per heavy atom. The molecule has 0 radical (unpaired) electrons. The van der Waals surface area contributed by atoms with Gasteiger partial charge in [-0.2, -0.15) is 0 Å². The maximum atomic E-state index is 12.7. The molecule has 1 heterocycles. The van der Waals surface area contributed by atoms with Crippen molar-refractivity contribution in [2.45, 2.75) is 38.6 Å². The molecule has 0 saturated carbocycles. The van der Waals surface area contributed by atoms with Gasteiger partial charge < -0.3 is 5.73 Å². The summed E-state index contributed by atoms with van der Waals surface area (Å²) >= 11 is 1.42. The number of nitrogen functional groups attached to an aromatic ring is 1. The van der Waals surface area contributed by atoms with Crippen molar-refractivity contribution >= 4 is 27.0 Å². The summed E-state index contributed by atoms with van der Waals surface area (Å²) in [5, 5.41) is 2.55. The smallest absolute Gasteiger partial charge is 0.241 e. The van der Waals surface area contributed by atoms with Gasteiger partial charge in [0.1, 0.15) is 5.01 Å². The van der Waals surface area contributed by atoms with Crippen LogP contribution in [-0.4, -0.2) is 13.4 Å². The SMILES string of the molecule is Cc1cc(N)c(C)c(S(=O)(=O)NC(C)c2nccs2)c1C. The average Bonchev–Trinajstić information content (AvgIpc) is 2.89. The Bertz CT molecular complexity index is 727. The number of nitrogens with zero attached hydrogens (tertiary/aromatic N) is 1. The maximum Gasteiger partial charge on any atom is 0.241 e. The number of hydrogen-bond acceptors (Lipinski definition) is 5. The van der Waals surface area contributed by atoms with Gasteiger partial charge in [-0.15, -0.1) is 11.3 Å². The molecule has 0 saturated heterocycles. The molecule has 2 aromatic rings. The second-order valence-electron chi connectivity index (χ2n) is 5.08. The van der Waals surface area contributed by atoms with Gasteiger partial charge in [-0.3, -0.25) is 0 Å². The van der Waals surface area contributed by atoms with Crippen LogP contribution >= 0.6 is 11.3 Å². The van der Waals surface area contributed by atoms with Crippen molar-refractivity contribution in [3.05, 3.63) is 39.3 Å². The molecule has 0 aliphatic rings. The molecule has 1 aromatic heterocycles. The molecule has 0 fully saturated rings. The number of aryl methyl sites for hydroxylation is 1. The summed E-state index contributed by atoms with van der Waals surface area (Å²) in [5.41, 5.74) is 8.56. The minimum Gasteiger partial charge on any atom is -0.398 e. The lowest BCUT2D eigenvalue weighted by molar-refractivity contribution is 0.565. The standard InChI is InChI=1S/C14H19N3O2S2/c1-8-7-12(15)10(3)13(9(8)2)21(18,19)17-11(4)14-16-5-6-20-14/h5-7,11,17H,15H2,1-4H3. The summed E-state index contributed by atoms with van der Waals surface area (Å²) in [6.07, 6.45) is 1.66. The number of rotatable bonds is 4. The Morgan fingerprint density at radius 1 is 1.29 bits per heavy atom. The molecule has 2 rings (SSSR count). The van der Waals surface area contributed by atoms with Crippen molar-refractivity contribution in [1.29, 1.82) is 0 Å². The lowest BCUT2D eigenvalue weighted by atomic mass is 10.1. The van der Waals surface area contributed by atoms with Crippen LogP contribution in [0, 0.1) is 20.8 Å². The van der Waals surface area contributed by atoms with Crippen molar-refractivity contribution in [2.75, 3.05) is 5.73 Å². The van der Waals surface area contributed by atoms with Crippen LogP contribution in [0.2, 0.25) is 0 Å². The third kappa shape index (κ3) is 3.09. The fraction of sp³-hybridized carbons (Fsp3) is 0.357. The minimum atomic E-state index is -3.66. The second-order valence-corrected chi connectivity index (χ2v) is 7.65. The van der Waals surface area contributed by atoms with Gasteiger partial charge in [0.05, 0.1) is 10.9 Å². The number of nitrogens with one attached hydrogen (secondary N) is 1. The predicted octanol–water partition coefficient (Wildman–Crippen LogP) is 2.69. The third-order valence-corrected chi connectivity index (χ3v) is 6.27. The summed E-state index contributed by atoms with van der Waals surface area (Å²) in [6.45, 7) is 7.16. The molecule has 1 unspecified atom stereocenters. The van der Waals surface area contributed by atoms with Gasteiger partial charge in [0.25, 0.3) is 0 Å². The Morgan fingerprint density at radius 2 is 1.95 bits per heavy atom. The third-order valence-electron chi connectivity index (χ3n) is 3.50. The molecular weight excluding hydrogens is 306 g/mol. The Balaban J connectivity index is 2.46. The number of sulfonamides is 1. The van der Waals surface area contributed by atoms with Crippen molar-refractivity contribution in [2.24, 2.45) is 0 Å². The first-order valence-corrected chi connectivity index (χ1v) is 8.88. The number of anilines is 1. The predicted molar refractivity (Wildman–Crippen MR) is 85.9 cm³/mol. The van der Waals surface area contributed by atoms with E-state index in [9.17, 15) is 8.42 Å². The van der Waals surface area contributed by atoms with Crippen LogP contribution in [0.25, 0.3) is 0 Å². The van der Waals surface area contributed by atoms with Crippen molar-refractivity contribution in [3.8, 4) is 0 Å². The first kappa shape index (κ1) is 15.9. The highest BCUT2D eigenvalue weighted by Crippen LogP contribution is 2.29. The van der Waals surface area contributed by atoms with E-state index in [1.54, 1.807) is 33.0 Å². The van der Waals surface area contributed by atoms with Crippen LogP contribution in [0.4, 0.5) is 5.69 Å². The molecule has 0 bridgehead atoms. The topological polar surface area (TPSA) is 85.1 Å². The van der Waals surface area contributed by atoms with E-state index in [1.165, 1.54) is 11.3 Å². The van der Waals surface area contributed by atoms with E-state index in [0.717, 1.165) is 16.1 Å². The highest BCUT2D eigenvalue weighted by atomic mass is 32.2. The van der Waals surface area contributed by atoms with Gasteiger partial charge in [0.2, 0.25) is 10.0 Å². The van der Waals surface area contributed by atoms with E-state index in [-0.39, 0.29) is 10.9 Å². The molecule has 21 heavy (non-hydrogen) atoms. The first-order valence-electron chi connectivity index (χ1n) is 6.52. The van der Waals surface area contributed by atoms with Gasteiger partial charge in [0, 0.05) is 17.3 Å². The lowest BCUT2D eigenvalue weighted by Gasteiger charge is -2.18. The molecule has 5 nitrogen and oxygen atoms in total. The lowest BCUT2D eigenvalue weighted by Crippen LogP contribution is -2.28. The minimum absolute atomic E-state index is 0.267. The molecule has 3 N–H and O–H groups in total. The van der Waals surface area contributed by atoms with Crippen LogP contribution in [0.3, 0.4) is 0 Å². The number of hydrogen-bond donors (Lipinski definition) is 2. The van der Waals surface area contributed by atoms with Crippen LogP contribution < -0.4 is 10.5 Å². The number of nitrogens with two attached hydrogens (primary N) is 1. The Hall–Kier alpha value is -1.44. The zero-order valence-electron chi connectivity index (χ0n) is 12.5. The summed E-state index contributed by atoms with van der Waals surface area (Å²) in [6, 6.07) is 1.42. The number of aromatic nitrogens is 1. The molecule has 7 heteroatoms. The molecule has 0 aliphatic carbocycles. The molecule has 1 aromatic carbocycles. The first-order chi connectivity index (χ1) is 9.74. The normalized spacial score (nSPS) is 13.3. The van der Waals surface area contributed by atoms with E-state index in [2.05, 4.69) is 9.71 Å². The highest BCUT2D eigenvalue weighted by molar-refractivity contribution is 7.89. The van der Waals surface area contributed by atoms with Gasteiger partial charge in [-0.25, -0.2) is 18.1 Å². The van der Waals surface area contributed by atoms with E-state index >= 15 is 0 Å². The summed E-state index contributed by atoms with van der Waals surface area (Å²) in [4.78, 5) is 4.41. The monoisotopic (exact) mass is 325 g/mol. The summed E-state index contributed by atoms with van der Waals surface area (Å²) in [7, 11) is -3.66. The van der Waals surface area contributed by atoms with Crippen LogP contribution in [0.5, 0.6) is 0 Å². The fourth-order valence-electron chi connectivity index (χ4n) is 2.23. The van der Waals surface area contributed by atoms with Crippen LogP contribution in [0.15, 0.2) is 22.5 Å². The van der Waals surface area contributed by atoms with Crippen molar-refractivity contribution in [1.82, 2.24) is 9.71 Å². The van der Waals surface area contributed by atoms with Crippen molar-refractivity contribution < 1.29 is 8.42 Å². The van der Waals surface area contributed by atoms with Crippen molar-refractivity contribution in [3.63, 3.8) is 0 Å². The largest absolute Gasteiger partial charge is 0.398 e. The molecule has 1 atom stereocenters. The second kappa shape index (κ2) is 5.75. The van der Waals surface area contributed by atoms with Crippen LogP contribution in [0.1, 0.15) is 34.7 Å². The molecular formula is C14H19N3O2S2. The Labute approximate surface area is 129 Å².